The van der Waals surface area contributed by atoms with Crippen molar-refractivity contribution in [2.75, 3.05) is 0 Å². The SMILES string of the molecule is CCCCC(=O)Oc1cn([C@@H](C)CC)c2nc(CCCC)n3c4ccccc4nc3c12. The maximum Gasteiger partial charge on any atom is 0.311 e. The second kappa shape index (κ2) is 9.08. The molecule has 3 aromatic heterocycles. The standard InChI is InChI=1S/C25H32N4O2/c1-5-8-14-21-27-24-23(25-26-18-12-10-11-13-19(18)29(21)25)20(16-28(24)17(4)7-3)31-22(30)15-9-6-2/h10-13,16-17H,5-9,14-15H2,1-4H3/t17-/m0/s1. The third kappa shape index (κ3) is 3.91. The number of unbranched alkanes of at least 4 members (excludes halogenated alkanes) is 2. The van der Waals surface area contributed by atoms with Crippen LogP contribution >= 0.6 is 0 Å². The van der Waals surface area contributed by atoms with Gasteiger partial charge in [0.15, 0.2) is 11.4 Å². The van der Waals surface area contributed by atoms with Crippen molar-refractivity contribution >= 4 is 33.7 Å². The topological polar surface area (TPSA) is 61.4 Å². The molecule has 0 saturated carbocycles. The van der Waals surface area contributed by atoms with Crippen LogP contribution in [0.4, 0.5) is 0 Å². The van der Waals surface area contributed by atoms with Crippen LogP contribution < -0.4 is 4.74 Å². The second-order valence-corrected chi connectivity index (χ2v) is 8.33. The Labute approximate surface area is 183 Å². The van der Waals surface area contributed by atoms with Crippen LogP contribution in [0.5, 0.6) is 5.75 Å². The van der Waals surface area contributed by atoms with E-state index in [0.717, 1.165) is 72.1 Å². The molecular formula is C25H32N4O2. The molecule has 164 valence electrons. The summed E-state index contributed by atoms with van der Waals surface area (Å²) in [6, 6.07) is 8.37. The van der Waals surface area contributed by atoms with Crippen LogP contribution in [0.25, 0.3) is 27.7 Å². The Hall–Kier alpha value is -2.89. The van der Waals surface area contributed by atoms with E-state index >= 15 is 0 Å². The number of ether oxygens (including phenoxy) is 1. The summed E-state index contributed by atoms with van der Waals surface area (Å²) in [4.78, 5) is 22.6. The number of nitrogens with zero attached hydrogens (tertiary/aromatic N) is 4. The molecule has 0 radical (unpaired) electrons. The van der Waals surface area contributed by atoms with Gasteiger partial charge in [0.2, 0.25) is 0 Å². The highest BCUT2D eigenvalue weighted by Gasteiger charge is 2.23. The van der Waals surface area contributed by atoms with E-state index in [1.165, 1.54) is 0 Å². The minimum Gasteiger partial charge on any atom is -0.424 e. The van der Waals surface area contributed by atoms with Gasteiger partial charge in [-0.25, -0.2) is 9.97 Å². The largest absolute Gasteiger partial charge is 0.424 e. The van der Waals surface area contributed by atoms with E-state index in [4.69, 9.17) is 14.7 Å². The van der Waals surface area contributed by atoms with E-state index in [1.807, 2.05) is 24.4 Å². The molecule has 4 aromatic rings. The highest BCUT2D eigenvalue weighted by atomic mass is 16.5. The molecule has 0 aliphatic rings. The lowest BCUT2D eigenvalue weighted by Gasteiger charge is -2.13. The third-order valence-electron chi connectivity index (χ3n) is 6.03. The number of rotatable bonds is 9. The smallest absolute Gasteiger partial charge is 0.311 e. The maximum atomic E-state index is 12.5. The Morgan fingerprint density at radius 2 is 1.84 bits per heavy atom. The van der Waals surface area contributed by atoms with Crippen LogP contribution in [0.3, 0.4) is 0 Å². The van der Waals surface area contributed by atoms with Gasteiger partial charge in [-0.15, -0.1) is 0 Å². The molecule has 4 rings (SSSR count). The normalized spacial score (nSPS) is 12.8. The molecule has 0 fully saturated rings. The monoisotopic (exact) mass is 420 g/mol. The van der Waals surface area contributed by atoms with Crippen molar-refractivity contribution in [2.24, 2.45) is 0 Å². The highest BCUT2D eigenvalue weighted by molar-refractivity contribution is 6.01. The van der Waals surface area contributed by atoms with Gasteiger partial charge in [0, 0.05) is 25.1 Å². The average molecular weight is 421 g/mol. The number of hydrogen-bond acceptors (Lipinski definition) is 4. The molecule has 0 N–H and O–H groups in total. The van der Waals surface area contributed by atoms with E-state index in [2.05, 4.69) is 42.7 Å². The zero-order valence-electron chi connectivity index (χ0n) is 19.0. The Balaban J connectivity index is 2.01. The Bertz CT molecular complexity index is 1220. The third-order valence-corrected chi connectivity index (χ3v) is 6.03. The van der Waals surface area contributed by atoms with Crippen LogP contribution in [-0.2, 0) is 11.2 Å². The lowest BCUT2D eigenvalue weighted by molar-refractivity contribution is -0.134. The summed E-state index contributed by atoms with van der Waals surface area (Å²) in [7, 11) is 0. The van der Waals surface area contributed by atoms with Gasteiger partial charge in [0.05, 0.1) is 11.0 Å². The molecule has 1 aromatic carbocycles. The maximum absolute atomic E-state index is 12.5. The van der Waals surface area contributed by atoms with Crippen LogP contribution in [-0.4, -0.2) is 24.9 Å². The number of aromatic nitrogens is 4. The Morgan fingerprint density at radius 3 is 2.58 bits per heavy atom. The number of hydrogen-bond donors (Lipinski definition) is 0. The summed E-state index contributed by atoms with van der Waals surface area (Å²) >= 11 is 0. The number of esters is 1. The first kappa shape index (κ1) is 21.3. The van der Waals surface area contributed by atoms with Crippen LogP contribution in [0.15, 0.2) is 30.5 Å². The number of benzene rings is 1. The molecule has 31 heavy (non-hydrogen) atoms. The summed E-state index contributed by atoms with van der Waals surface area (Å²) in [5.74, 6) is 1.37. The zero-order valence-corrected chi connectivity index (χ0v) is 19.0. The summed E-state index contributed by atoms with van der Waals surface area (Å²) in [5.41, 5.74) is 3.63. The van der Waals surface area contributed by atoms with Crippen molar-refractivity contribution in [1.82, 2.24) is 18.9 Å². The molecule has 0 bridgehead atoms. The van der Waals surface area contributed by atoms with Crippen LogP contribution in [0, 0.1) is 0 Å². The number of fused-ring (bicyclic) bond motifs is 5. The van der Waals surface area contributed by atoms with Gasteiger partial charge in [-0.05, 0) is 38.3 Å². The second-order valence-electron chi connectivity index (χ2n) is 8.33. The molecular weight excluding hydrogens is 388 g/mol. The van der Waals surface area contributed by atoms with Gasteiger partial charge in [-0.1, -0.05) is 45.7 Å². The van der Waals surface area contributed by atoms with Crippen molar-refractivity contribution < 1.29 is 9.53 Å². The van der Waals surface area contributed by atoms with Crippen LogP contribution in [0.1, 0.15) is 78.1 Å². The first-order valence-corrected chi connectivity index (χ1v) is 11.6. The minimum absolute atomic E-state index is 0.200. The molecule has 3 heterocycles. The lowest BCUT2D eigenvalue weighted by Crippen LogP contribution is -2.07. The summed E-state index contributed by atoms with van der Waals surface area (Å²) < 4.78 is 10.2. The van der Waals surface area contributed by atoms with Gasteiger partial charge in [0.1, 0.15) is 16.9 Å². The highest BCUT2D eigenvalue weighted by Crippen LogP contribution is 2.36. The molecule has 0 amide bonds. The number of aryl methyl sites for hydroxylation is 1. The number of carbonyl (C=O) groups excluding carboxylic acids is 1. The van der Waals surface area contributed by atoms with Gasteiger partial charge in [-0.3, -0.25) is 9.20 Å². The average Bonchev–Trinajstić information content (AvgIpc) is 3.34. The molecule has 0 spiro atoms. The quantitative estimate of drug-likeness (QED) is 0.300. The molecule has 0 unspecified atom stereocenters. The predicted octanol–water partition coefficient (Wildman–Crippen LogP) is 6.25. The molecule has 0 aliphatic carbocycles. The van der Waals surface area contributed by atoms with Crippen LogP contribution in [0.2, 0.25) is 0 Å². The summed E-state index contributed by atoms with van der Waals surface area (Å²) in [6.45, 7) is 8.59. The summed E-state index contributed by atoms with van der Waals surface area (Å²) in [5, 5.41) is 0.821. The molecule has 0 aliphatic heterocycles. The van der Waals surface area contributed by atoms with Crippen molar-refractivity contribution in [1.29, 1.82) is 0 Å². The fourth-order valence-corrected chi connectivity index (χ4v) is 4.05. The number of imidazole rings is 1. The number of carbonyl (C=O) groups is 1. The van der Waals surface area contributed by atoms with Gasteiger partial charge >= 0.3 is 5.97 Å². The van der Waals surface area contributed by atoms with Gasteiger partial charge < -0.3 is 9.30 Å². The van der Waals surface area contributed by atoms with Gasteiger partial charge in [-0.2, -0.15) is 0 Å². The first-order chi connectivity index (χ1) is 15.1. The lowest BCUT2D eigenvalue weighted by atomic mass is 10.2. The van der Waals surface area contributed by atoms with E-state index in [-0.39, 0.29) is 12.0 Å². The zero-order chi connectivity index (χ0) is 22.0. The molecule has 1 atom stereocenters. The van der Waals surface area contributed by atoms with E-state index < -0.39 is 0 Å². The van der Waals surface area contributed by atoms with Crippen molar-refractivity contribution in [3.8, 4) is 5.75 Å². The minimum atomic E-state index is -0.200. The van der Waals surface area contributed by atoms with Crippen molar-refractivity contribution in [2.45, 2.75) is 78.7 Å². The Kier molecular flexibility index (Phi) is 6.25. The first-order valence-electron chi connectivity index (χ1n) is 11.6. The molecule has 6 nitrogen and oxygen atoms in total. The molecule has 0 saturated heterocycles. The molecule has 6 heteroatoms. The number of para-hydroxylation sites is 2. The predicted molar refractivity (Wildman–Crippen MR) is 125 cm³/mol. The van der Waals surface area contributed by atoms with Crippen molar-refractivity contribution in [3.05, 3.63) is 36.3 Å². The fourth-order valence-electron chi connectivity index (χ4n) is 4.05. The Morgan fingerprint density at radius 1 is 1.06 bits per heavy atom. The van der Waals surface area contributed by atoms with E-state index in [9.17, 15) is 4.79 Å². The van der Waals surface area contributed by atoms with E-state index in [0.29, 0.717) is 12.2 Å². The van der Waals surface area contributed by atoms with Gasteiger partial charge in [0.25, 0.3) is 0 Å². The summed E-state index contributed by atoms with van der Waals surface area (Å²) in [6.07, 6.45) is 8.14. The van der Waals surface area contributed by atoms with Crippen molar-refractivity contribution in [3.63, 3.8) is 0 Å². The van der Waals surface area contributed by atoms with E-state index in [1.54, 1.807) is 0 Å². The fraction of sp³-hybridized carbons (Fsp3) is 0.480.